The van der Waals surface area contributed by atoms with E-state index in [0.29, 0.717) is 6.61 Å². The van der Waals surface area contributed by atoms with Crippen molar-refractivity contribution in [3.8, 4) is 0 Å². The van der Waals surface area contributed by atoms with Gasteiger partial charge in [0.15, 0.2) is 0 Å². The van der Waals surface area contributed by atoms with Crippen molar-refractivity contribution in [3.63, 3.8) is 0 Å². The summed E-state index contributed by atoms with van der Waals surface area (Å²) in [6.45, 7) is 2.47. The van der Waals surface area contributed by atoms with Crippen LogP contribution in [0.5, 0.6) is 0 Å². The predicted octanol–water partition coefficient (Wildman–Crippen LogP) is 0.830. The van der Waals surface area contributed by atoms with Crippen molar-refractivity contribution < 1.29 is 19.4 Å². The van der Waals surface area contributed by atoms with Gasteiger partial charge in [-0.3, -0.25) is 9.59 Å². The number of aliphatic carboxylic acids is 1. The van der Waals surface area contributed by atoms with Crippen molar-refractivity contribution in [2.75, 3.05) is 26.0 Å². The zero-order valence-electron chi connectivity index (χ0n) is 10.7. The minimum Gasteiger partial charge on any atom is -0.481 e. The molecule has 3 unspecified atom stereocenters. The van der Waals surface area contributed by atoms with Gasteiger partial charge in [0.2, 0.25) is 5.91 Å². The molecule has 0 aromatic heterocycles. The molecule has 2 heterocycles. The number of likely N-dealkylation sites (N-methyl/N-ethyl adjacent to an activating group) is 1. The first kappa shape index (κ1) is 13.7. The molecule has 18 heavy (non-hydrogen) atoms. The van der Waals surface area contributed by atoms with Crippen molar-refractivity contribution in [2.24, 2.45) is 5.92 Å². The lowest BCUT2D eigenvalue weighted by molar-refractivity contribution is -0.145. The maximum atomic E-state index is 12.5. The highest BCUT2D eigenvalue weighted by Gasteiger charge is 2.45. The van der Waals surface area contributed by atoms with E-state index in [-0.39, 0.29) is 23.3 Å². The number of nitrogens with zero attached hydrogens (tertiary/aromatic N) is 1. The molecule has 0 aliphatic carbocycles. The zero-order valence-corrected chi connectivity index (χ0v) is 11.5. The standard InChI is InChI=1S/C12H19NO4S/c1-12(4-3-5-18-12)11(16)13(2)9-7-17-6-8(9)10(14)15/h8-9H,3-7H2,1-2H3,(H,14,15). The molecule has 2 rings (SSSR count). The number of thioether (sulfide) groups is 1. The Morgan fingerprint density at radius 2 is 2.17 bits per heavy atom. The first-order valence-electron chi connectivity index (χ1n) is 6.17. The van der Waals surface area contributed by atoms with Gasteiger partial charge in [0.05, 0.1) is 24.0 Å². The van der Waals surface area contributed by atoms with Crippen LogP contribution in [-0.4, -0.2) is 58.7 Å². The molecule has 5 nitrogen and oxygen atoms in total. The molecule has 6 heteroatoms. The first-order chi connectivity index (χ1) is 8.46. The SMILES string of the molecule is CN(C(=O)C1(C)CCCS1)C1COCC1C(=O)O. The van der Waals surface area contributed by atoms with Crippen LogP contribution in [0.1, 0.15) is 19.8 Å². The quantitative estimate of drug-likeness (QED) is 0.825. The molecule has 0 aromatic rings. The Labute approximate surface area is 111 Å². The van der Waals surface area contributed by atoms with Crippen LogP contribution in [0, 0.1) is 5.92 Å². The second kappa shape index (κ2) is 5.09. The minimum atomic E-state index is -0.888. The number of carbonyl (C=O) groups excluding carboxylic acids is 1. The molecule has 2 aliphatic rings. The molecule has 0 spiro atoms. The number of carboxylic acids is 1. The van der Waals surface area contributed by atoms with Gasteiger partial charge >= 0.3 is 5.97 Å². The number of carbonyl (C=O) groups is 2. The summed E-state index contributed by atoms with van der Waals surface area (Å²) in [5.74, 6) is -0.457. The van der Waals surface area contributed by atoms with Crippen molar-refractivity contribution in [1.82, 2.24) is 4.90 Å². The molecule has 0 bridgehead atoms. The van der Waals surface area contributed by atoms with E-state index >= 15 is 0 Å². The van der Waals surface area contributed by atoms with Gasteiger partial charge in [-0.1, -0.05) is 0 Å². The first-order valence-corrected chi connectivity index (χ1v) is 7.16. The summed E-state index contributed by atoms with van der Waals surface area (Å²) in [6.07, 6.45) is 1.91. The molecule has 0 saturated carbocycles. The number of rotatable bonds is 3. The predicted molar refractivity (Wildman–Crippen MR) is 68.6 cm³/mol. The third-order valence-corrected chi connectivity index (χ3v) is 5.37. The fourth-order valence-electron chi connectivity index (χ4n) is 2.63. The summed E-state index contributed by atoms with van der Waals surface area (Å²) in [5.41, 5.74) is 0. The van der Waals surface area contributed by atoms with Crippen molar-refractivity contribution >= 4 is 23.6 Å². The number of carboxylic acid groups (broad SMARTS) is 1. The van der Waals surface area contributed by atoms with Crippen molar-refractivity contribution in [1.29, 1.82) is 0 Å². The Morgan fingerprint density at radius 1 is 1.44 bits per heavy atom. The highest BCUT2D eigenvalue weighted by Crippen LogP contribution is 2.39. The molecule has 2 fully saturated rings. The number of hydrogen-bond acceptors (Lipinski definition) is 4. The second-order valence-corrected chi connectivity index (χ2v) is 6.75. The summed E-state index contributed by atoms with van der Waals surface area (Å²) in [7, 11) is 1.70. The molecule has 0 aromatic carbocycles. The van der Waals surface area contributed by atoms with Crippen LogP contribution in [0.3, 0.4) is 0 Å². The van der Waals surface area contributed by atoms with Gasteiger partial charge in [0, 0.05) is 7.05 Å². The van der Waals surface area contributed by atoms with E-state index in [1.807, 2.05) is 6.92 Å². The topological polar surface area (TPSA) is 66.8 Å². The van der Waals surface area contributed by atoms with Crippen molar-refractivity contribution in [3.05, 3.63) is 0 Å². The monoisotopic (exact) mass is 273 g/mol. The fourth-order valence-corrected chi connectivity index (χ4v) is 3.93. The molecule has 3 atom stereocenters. The van der Waals surface area contributed by atoms with Crippen LogP contribution in [0.25, 0.3) is 0 Å². The smallest absolute Gasteiger partial charge is 0.311 e. The number of ether oxygens (including phenoxy) is 1. The normalized spacial score (nSPS) is 35.7. The van der Waals surface area contributed by atoms with Crippen LogP contribution >= 0.6 is 11.8 Å². The van der Waals surface area contributed by atoms with Crippen LogP contribution < -0.4 is 0 Å². The molecule has 2 aliphatic heterocycles. The highest BCUT2D eigenvalue weighted by molar-refractivity contribution is 8.01. The van der Waals surface area contributed by atoms with Crippen LogP contribution in [0.4, 0.5) is 0 Å². The summed E-state index contributed by atoms with van der Waals surface area (Å²) in [6, 6.07) is -0.340. The van der Waals surface area contributed by atoms with E-state index in [2.05, 4.69) is 0 Å². The maximum absolute atomic E-state index is 12.5. The summed E-state index contributed by atoms with van der Waals surface area (Å²) in [5, 5.41) is 9.12. The van der Waals surface area contributed by atoms with E-state index in [4.69, 9.17) is 9.84 Å². The lowest BCUT2D eigenvalue weighted by atomic mass is 9.99. The number of amides is 1. The average Bonchev–Trinajstić information content (AvgIpc) is 2.96. The lowest BCUT2D eigenvalue weighted by Gasteiger charge is -2.33. The Hall–Kier alpha value is -0.750. The van der Waals surface area contributed by atoms with Crippen LogP contribution in [0.15, 0.2) is 0 Å². The van der Waals surface area contributed by atoms with Crippen LogP contribution in [-0.2, 0) is 14.3 Å². The van der Waals surface area contributed by atoms with Gasteiger partial charge in [-0.2, -0.15) is 0 Å². The van der Waals surface area contributed by atoms with Gasteiger partial charge in [-0.25, -0.2) is 0 Å². The van der Waals surface area contributed by atoms with E-state index in [1.165, 1.54) is 0 Å². The maximum Gasteiger partial charge on any atom is 0.311 e. The molecule has 2 saturated heterocycles. The van der Waals surface area contributed by atoms with Gasteiger partial charge in [0.1, 0.15) is 5.92 Å². The summed E-state index contributed by atoms with van der Waals surface area (Å²) >= 11 is 1.67. The molecule has 1 amide bonds. The molecular formula is C12H19NO4S. The Kier molecular flexibility index (Phi) is 3.87. The molecule has 102 valence electrons. The van der Waals surface area contributed by atoms with E-state index in [9.17, 15) is 9.59 Å². The van der Waals surface area contributed by atoms with E-state index < -0.39 is 11.9 Å². The Bertz CT molecular complexity index is 354. The van der Waals surface area contributed by atoms with E-state index in [0.717, 1.165) is 18.6 Å². The lowest BCUT2D eigenvalue weighted by Crippen LogP contribution is -2.50. The largest absolute Gasteiger partial charge is 0.481 e. The average molecular weight is 273 g/mol. The van der Waals surface area contributed by atoms with E-state index in [1.54, 1.807) is 23.7 Å². The third-order valence-electron chi connectivity index (χ3n) is 3.86. The Morgan fingerprint density at radius 3 is 2.72 bits per heavy atom. The Balaban J connectivity index is 2.08. The summed E-state index contributed by atoms with van der Waals surface area (Å²) < 4.78 is 4.83. The highest BCUT2D eigenvalue weighted by atomic mass is 32.2. The molecular weight excluding hydrogens is 254 g/mol. The van der Waals surface area contributed by atoms with Crippen molar-refractivity contribution in [2.45, 2.75) is 30.6 Å². The van der Waals surface area contributed by atoms with Gasteiger partial charge in [0.25, 0.3) is 0 Å². The zero-order chi connectivity index (χ0) is 13.3. The summed E-state index contributed by atoms with van der Waals surface area (Å²) in [4.78, 5) is 25.2. The van der Waals surface area contributed by atoms with Gasteiger partial charge in [-0.05, 0) is 25.5 Å². The molecule has 1 N–H and O–H groups in total. The van der Waals surface area contributed by atoms with Crippen LogP contribution in [0.2, 0.25) is 0 Å². The van der Waals surface area contributed by atoms with Gasteiger partial charge < -0.3 is 14.7 Å². The van der Waals surface area contributed by atoms with Gasteiger partial charge in [-0.15, -0.1) is 11.8 Å². The minimum absolute atomic E-state index is 0.0340. The molecule has 0 radical (unpaired) electrons. The fraction of sp³-hybridized carbons (Fsp3) is 0.833. The third kappa shape index (κ3) is 2.36. The second-order valence-electron chi connectivity index (χ2n) is 5.15. The number of hydrogen-bond donors (Lipinski definition) is 1.